The molecule has 0 atom stereocenters. The fourth-order valence-electron chi connectivity index (χ4n) is 2.45. The van der Waals surface area contributed by atoms with Crippen LogP contribution in [-0.2, 0) is 9.59 Å². The molecule has 3 amide bonds. The summed E-state index contributed by atoms with van der Waals surface area (Å²) in [5.74, 6) is -0.274. The Labute approximate surface area is 161 Å². The van der Waals surface area contributed by atoms with Gasteiger partial charge in [-0.25, -0.2) is 0 Å². The zero-order chi connectivity index (χ0) is 19.4. The van der Waals surface area contributed by atoms with Crippen LogP contribution in [0, 0.1) is 13.8 Å². The predicted octanol–water partition coefficient (Wildman–Crippen LogP) is 3.64. The molecule has 1 heterocycles. The second-order valence-electron chi connectivity index (χ2n) is 6.03. The van der Waals surface area contributed by atoms with E-state index in [9.17, 15) is 14.4 Å². The number of benzene rings is 2. The molecule has 0 saturated carbocycles. The summed E-state index contributed by atoms with van der Waals surface area (Å²) in [6, 6.07) is 12.7. The van der Waals surface area contributed by atoms with Crippen LogP contribution < -0.4 is 15.4 Å². The molecule has 1 aliphatic rings. The number of rotatable bonds is 5. The Hall–Kier alpha value is -3.06. The SMILES string of the molecule is Cc1ccc(NC(=O)COc2ccccc2/C=C2\SC(=O)NC2=O)cc1C. The van der Waals surface area contributed by atoms with E-state index in [1.807, 2.05) is 32.0 Å². The molecule has 138 valence electrons. The van der Waals surface area contributed by atoms with Crippen LogP contribution in [-0.4, -0.2) is 23.7 Å². The van der Waals surface area contributed by atoms with E-state index in [0.717, 1.165) is 22.9 Å². The first-order chi connectivity index (χ1) is 12.9. The lowest BCUT2D eigenvalue weighted by molar-refractivity contribution is -0.118. The van der Waals surface area contributed by atoms with Crippen molar-refractivity contribution in [1.29, 1.82) is 0 Å². The monoisotopic (exact) mass is 382 g/mol. The van der Waals surface area contributed by atoms with Gasteiger partial charge >= 0.3 is 0 Å². The highest BCUT2D eigenvalue weighted by atomic mass is 32.2. The van der Waals surface area contributed by atoms with E-state index < -0.39 is 11.1 Å². The number of anilines is 1. The van der Waals surface area contributed by atoms with Crippen LogP contribution in [0.15, 0.2) is 47.4 Å². The zero-order valence-electron chi connectivity index (χ0n) is 14.9. The number of carbonyl (C=O) groups is 3. The first kappa shape index (κ1) is 18.7. The summed E-state index contributed by atoms with van der Waals surface area (Å²) in [5, 5.41) is 4.59. The zero-order valence-corrected chi connectivity index (χ0v) is 15.7. The lowest BCUT2D eigenvalue weighted by Crippen LogP contribution is -2.20. The molecule has 6 nitrogen and oxygen atoms in total. The van der Waals surface area contributed by atoms with Gasteiger partial charge in [0.25, 0.3) is 17.1 Å². The molecular formula is C20H18N2O4S. The molecule has 1 fully saturated rings. The molecule has 2 N–H and O–H groups in total. The maximum absolute atomic E-state index is 12.2. The third-order valence-electron chi connectivity index (χ3n) is 4.00. The molecule has 0 unspecified atom stereocenters. The number of hydrogen-bond donors (Lipinski definition) is 2. The van der Waals surface area contributed by atoms with Crippen LogP contribution in [0.2, 0.25) is 0 Å². The van der Waals surface area contributed by atoms with Crippen molar-refractivity contribution in [2.75, 3.05) is 11.9 Å². The van der Waals surface area contributed by atoms with Gasteiger partial charge in [0, 0.05) is 11.3 Å². The van der Waals surface area contributed by atoms with E-state index in [4.69, 9.17) is 4.74 Å². The molecule has 0 radical (unpaired) electrons. The fourth-order valence-corrected chi connectivity index (χ4v) is 3.13. The summed E-state index contributed by atoms with van der Waals surface area (Å²) < 4.78 is 5.61. The van der Waals surface area contributed by atoms with Crippen molar-refractivity contribution in [1.82, 2.24) is 5.32 Å². The van der Waals surface area contributed by atoms with Crippen LogP contribution >= 0.6 is 11.8 Å². The fraction of sp³-hybridized carbons (Fsp3) is 0.150. The van der Waals surface area contributed by atoms with Gasteiger partial charge in [0.05, 0.1) is 4.91 Å². The Morgan fingerprint density at radius 3 is 2.63 bits per heavy atom. The van der Waals surface area contributed by atoms with E-state index in [-0.39, 0.29) is 17.4 Å². The molecule has 1 saturated heterocycles. The number of nitrogens with one attached hydrogen (secondary N) is 2. The van der Waals surface area contributed by atoms with Crippen molar-refractivity contribution in [2.24, 2.45) is 0 Å². The molecular weight excluding hydrogens is 364 g/mol. The van der Waals surface area contributed by atoms with Crippen molar-refractivity contribution in [3.63, 3.8) is 0 Å². The van der Waals surface area contributed by atoms with Crippen molar-refractivity contribution in [2.45, 2.75) is 13.8 Å². The van der Waals surface area contributed by atoms with E-state index in [1.54, 1.807) is 30.3 Å². The van der Waals surface area contributed by atoms with Gasteiger partial charge in [-0.2, -0.15) is 0 Å². The van der Waals surface area contributed by atoms with Crippen molar-refractivity contribution >= 4 is 40.6 Å². The molecule has 1 aliphatic heterocycles. The maximum atomic E-state index is 12.2. The highest BCUT2D eigenvalue weighted by molar-refractivity contribution is 8.18. The topological polar surface area (TPSA) is 84.5 Å². The number of amides is 3. The Balaban J connectivity index is 1.67. The van der Waals surface area contributed by atoms with Gasteiger partial charge in [-0.05, 0) is 61.0 Å². The second-order valence-corrected chi connectivity index (χ2v) is 7.04. The quantitative estimate of drug-likeness (QED) is 0.771. The average Bonchev–Trinajstić information content (AvgIpc) is 2.94. The normalized spacial score (nSPS) is 15.0. The maximum Gasteiger partial charge on any atom is 0.290 e. The number of para-hydroxylation sites is 1. The number of aryl methyl sites for hydroxylation is 2. The molecule has 7 heteroatoms. The molecule has 0 aliphatic carbocycles. The van der Waals surface area contributed by atoms with E-state index in [2.05, 4.69) is 10.6 Å². The Kier molecular flexibility index (Phi) is 5.61. The lowest BCUT2D eigenvalue weighted by atomic mass is 10.1. The average molecular weight is 382 g/mol. The van der Waals surface area contributed by atoms with Crippen molar-refractivity contribution in [3.8, 4) is 5.75 Å². The molecule has 2 aromatic carbocycles. The molecule has 3 rings (SSSR count). The highest BCUT2D eigenvalue weighted by Gasteiger charge is 2.25. The van der Waals surface area contributed by atoms with Gasteiger partial charge in [0.1, 0.15) is 5.75 Å². The lowest BCUT2D eigenvalue weighted by Gasteiger charge is -2.11. The summed E-state index contributed by atoms with van der Waals surface area (Å²) in [5.41, 5.74) is 3.56. The highest BCUT2D eigenvalue weighted by Crippen LogP contribution is 2.29. The molecule has 0 spiro atoms. The number of carbonyl (C=O) groups excluding carboxylic acids is 3. The molecule has 2 aromatic rings. The van der Waals surface area contributed by atoms with Crippen LogP contribution in [0.25, 0.3) is 6.08 Å². The molecule has 27 heavy (non-hydrogen) atoms. The predicted molar refractivity (Wildman–Crippen MR) is 106 cm³/mol. The van der Waals surface area contributed by atoms with Crippen LogP contribution in [0.5, 0.6) is 5.75 Å². The van der Waals surface area contributed by atoms with Crippen LogP contribution in [0.4, 0.5) is 10.5 Å². The van der Waals surface area contributed by atoms with E-state index >= 15 is 0 Å². The summed E-state index contributed by atoms with van der Waals surface area (Å²) >= 11 is 0.833. The van der Waals surface area contributed by atoms with Gasteiger partial charge < -0.3 is 10.1 Å². The first-order valence-electron chi connectivity index (χ1n) is 8.26. The van der Waals surface area contributed by atoms with Gasteiger partial charge in [0.15, 0.2) is 6.61 Å². The number of ether oxygens (including phenoxy) is 1. The van der Waals surface area contributed by atoms with Crippen molar-refractivity contribution < 1.29 is 19.1 Å². The minimum Gasteiger partial charge on any atom is -0.483 e. The van der Waals surface area contributed by atoms with E-state index in [0.29, 0.717) is 17.0 Å². The number of imide groups is 1. The Morgan fingerprint density at radius 1 is 1.15 bits per heavy atom. The number of hydrogen-bond acceptors (Lipinski definition) is 5. The second kappa shape index (κ2) is 8.09. The Bertz CT molecular complexity index is 953. The third-order valence-corrected chi connectivity index (χ3v) is 4.81. The summed E-state index contributed by atoms with van der Waals surface area (Å²) in [6.45, 7) is 3.81. The summed E-state index contributed by atoms with van der Waals surface area (Å²) in [7, 11) is 0. The molecule has 0 aromatic heterocycles. The third kappa shape index (κ3) is 4.77. The first-order valence-corrected chi connectivity index (χ1v) is 9.08. The Morgan fingerprint density at radius 2 is 1.93 bits per heavy atom. The van der Waals surface area contributed by atoms with Gasteiger partial charge in [-0.15, -0.1) is 0 Å². The van der Waals surface area contributed by atoms with Crippen molar-refractivity contribution in [3.05, 3.63) is 64.1 Å². The van der Waals surface area contributed by atoms with Gasteiger partial charge in [-0.3, -0.25) is 19.7 Å². The summed E-state index contributed by atoms with van der Waals surface area (Å²) in [6.07, 6.45) is 1.57. The smallest absolute Gasteiger partial charge is 0.290 e. The largest absolute Gasteiger partial charge is 0.483 e. The van der Waals surface area contributed by atoms with Crippen LogP contribution in [0.1, 0.15) is 16.7 Å². The minimum absolute atomic E-state index is 0.175. The number of thioether (sulfide) groups is 1. The molecule has 0 bridgehead atoms. The van der Waals surface area contributed by atoms with Gasteiger partial charge in [0.2, 0.25) is 0 Å². The van der Waals surface area contributed by atoms with Gasteiger partial charge in [-0.1, -0.05) is 24.3 Å². The standard InChI is InChI=1S/C20H18N2O4S/c1-12-7-8-15(9-13(12)2)21-18(23)11-26-16-6-4-3-5-14(16)10-17-19(24)22-20(25)27-17/h3-10H,11H2,1-2H3,(H,21,23)(H,22,24,25)/b17-10-. The summed E-state index contributed by atoms with van der Waals surface area (Å²) in [4.78, 5) is 35.4. The minimum atomic E-state index is -0.438. The van der Waals surface area contributed by atoms with Crippen LogP contribution in [0.3, 0.4) is 0 Å². The van der Waals surface area contributed by atoms with E-state index in [1.165, 1.54) is 0 Å².